The highest BCUT2D eigenvalue weighted by Crippen LogP contribution is 2.32. The Morgan fingerprint density at radius 3 is 2.24 bits per heavy atom. The average Bonchev–Trinajstić information content (AvgIpc) is 3.14. The molecule has 0 atom stereocenters. The number of hydrogen-bond acceptors (Lipinski definition) is 2. The van der Waals surface area contributed by atoms with Gasteiger partial charge in [-0.2, -0.15) is 0 Å². The highest BCUT2D eigenvalue weighted by Gasteiger charge is 2.17. The van der Waals surface area contributed by atoms with E-state index in [2.05, 4.69) is 29.7 Å². The highest BCUT2D eigenvalue weighted by atomic mass is 16.2. The van der Waals surface area contributed by atoms with E-state index in [1.54, 1.807) is 0 Å². The highest BCUT2D eigenvalue weighted by molar-refractivity contribution is 6.36. The first-order chi connectivity index (χ1) is 14.3. The summed E-state index contributed by atoms with van der Waals surface area (Å²) < 4.78 is 2.17. The molecule has 0 aliphatic carbocycles. The smallest absolute Gasteiger partial charge is 0.227 e. The van der Waals surface area contributed by atoms with Crippen molar-refractivity contribution in [1.29, 1.82) is 0 Å². The number of hydrogen-bond donors (Lipinski definition) is 0. The van der Waals surface area contributed by atoms with Crippen LogP contribution in [0.4, 0.5) is 0 Å². The number of benzene rings is 2. The Morgan fingerprint density at radius 1 is 0.862 bits per heavy atom. The van der Waals surface area contributed by atoms with Crippen LogP contribution in [0.3, 0.4) is 0 Å². The van der Waals surface area contributed by atoms with E-state index in [4.69, 9.17) is 0 Å². The molecule has 2 aromatic carbocycles. The number of para-hydroxylation sites is 1. The van der Waals surface area contributed by atoms with Crippen LogP contribution in [0, 0.1) is 0 Å². The van der Waals surface area contributed by atoms with Crippen molar-refractivity contribution in [3.8, 4) is 11.1 Å². The minimum Gasteiger partial charge on any atom is -0.346 e. The van der Waals surface area contributed by atoms with Crippen LogP contribution < -0.4 is 0 Å². The third-order valence-corrected chi connectivity index (χ3v) is 5.61. The van der Waals surface area contributed by atoms with Crippen LogP contribution in [0.2, 0.25) is 0 Å². The normalized spacial score (nSPS) is 11.1. The number of fused-ring (bicyclic) bond motifs is 1. The number of aryl methyl sites for hydroxylation is 1. The monoisotopic (exact) mass is 389 g/mol. The lowest BCUT2D eigenvalue weighted by atomic mass is 10.0. The van der Waals surface area contributed by atoms with Crippen molar-refractivity contribution in [3.05, 3.63) is 60.3 Å². The molecule has 1 heterocycles. The maximum absolute atomic E-state index is 12.2. The molecule has 0 amide bonds. The first-order valence-corrected chi connectivity index (χ1v) is 10.9. The van der Waals surface area contributed by atoms with Gasteiger partial charge in [0.2, 0.25) is 5.78 Å². The zero-order valence-electron chi connectivity index (χ0n) is 17.4. The molecular weight excluding hydrogens is 358 g/mol. The van der Waals surface area contributed by atoms with Crippen LogP contribution >= 0.6 is 0 Å². The van der Waals surface area contributed by atoms with Gasteiger partial charge in [0.1, 0.15) is 0 Å². The number of ketones is 1. The summed E-state index contributed by atoms with van der Waals surface area (Å²) in [6, 6.07) is 16.2. The lowest BCUT2D eigenvalue weighted by Gasteiger charge is -2.10. The topological polar surface area (TPSA) is 39.1 Å². The van der Waals surface area contributed by atoms with Crippen LogP contribution in [-0.4, -0.2) is 16.6 Å². The number of aldehydes is 1. The number of unbranched alkanes of at least 4 members (excludes halogenated alkanes) is 7. The minimum absolute atomic E-state index is 0.421. The van der Waals surface area contributed by atoms with Gasteiger partial charge in [-0.15, -0.1) is 0 Å². The number of aromatic nitrogens is 1. The Labute approximate surface area is 173 Å². The third-order valence-electron chi connectivity index (χ3n) is 5.61. The second-order valence-electron chi connectivity index (χ2n) is 7.76. The predicted octanol–water partition coefficient (Wildman–Crippen LogP) is 6.83. The van der Waals surface area contributed by atoms with Crippen molar-refractivity contribution in [1.82, 2.24) is 4.57 Å². The molecule has 0 spiro atoms. The molecule has 3 aromatic rings. The number of carbonyl (C=O) groups is 2. The van der Waals surface area contributed by atoms with Crippen molar-refractivity contribution in [2.75, 3.05) is 0 Å². The largest absolute Gasteiger partial charge is 0.346 e. The molecule has 152 valence electrons. The second kappa shape index (κ2) is 10.8. The molecule has 3 nitrogen and oxygen atoms in total. The Balaban J connectivity index is 1.80. The van der Waals surface area contributed by atoms with Crippen molar-refractivity contribution in [2.45, 2.75) is 64.8 Å². The zero-order valence-corrected chi connectivity index (χ0v) is 17.4. The molecule has 0 aliphatic rings. The van der Waals surface area contributed by atoms with Crippen LogP contribution in [0.15, 0.2) is 54.7 Å². The fourth-order valence-corrected chi connectivity index (χ4v) is 4.06. The van der Waals surface area contributed by atoms with Gasteiger partial charge in [0.05, 0.1) is 11.1 Å². The van der Waals surface area contributed by atoms with Gasteiger partial charge in [-0.3, -0.25) is 9.59 Å². The zero-order chi connectivity index (χ0) is 20.5. The first-order valence-electron chi connectivity index (χ1n) is 10.9. The predicted molar refractivity (Wildman–Crippen MR) is 120 cm³/mol. The number of nitrogens with zero attached hydrogens (tertiary/aromatic N) is 1. The van der Waals surface area contributed by atoms with E-state index in [9.17, 15) is 9.59 Å². The Morgan fingerprint density at radius 2 is 1.55 bits per heavy atom. The van der Waals surface area contributed by atoms with Gasteiger partial charge in [0.25, 0.3) is 0 Å². The molecule has 3 heteroatoms. The molecule has 0 radical (unpaired) electrons. The SMILES string of the molecule is CCCCCCCCCCn1cc(C(=O)C=O)c2cccc(-c3ccccc3)c21. The molecule has 0 saturated heterocycles. The van der Waals surface area contributed by atoms with E-state index in [-0.39, 0.29) is 0 Å². The maximum atomic E-state index is 12.2. The van der Waals surface area contributed by atoms with Crippen LogP contribution in [0.5, 0.6) is 0 Å². The molecule has 29 heavy (non-hydrogen) atoms. The van der Waals surface area contributed by atoms with Crippen molar-refractivity contribution >= 4 is 23.0 Å². The minimum atomic E-state index is -0.449. The van der Waals surface area contributed by atoms with E-state index >= 15 is 0 Å². The van der Waals surface area contributed by atoms with E-state index in [1.165, 1.54) is 44.9 Å². The molecule has 0 aliphatic heterocycles. The van der Waals surface area contributed by atoms with Gasteiger partial charge >= 0.3 is 0 Å². The fourth-order valence-electron chi connectivity index (χ4n) is 4.06. The lowest BCUT2D eigenvalue weighted by molar-refractivity contribution is -0.104. The molecule has 0 fully saturated rings. The van der Waals surface area contributed by atoms with Gasteiger partial charge in [0, 0.05) is 23.7 Å². The van der Waals surface area contributed by atoms with Gasteiger partial charge in [-0.1, -0.05) is 100 Å². The standard InChI is InChI=1S/C26H31NO2/c1-2-3-4-5-6-7-8-12-18-27-19-24(25(29)20-28)23-17-13-16-22(26(23)27)21-14-10-9-11-15-21/h9-11,13-17,19-20H,2-8,12,18H2,1H3. The molecule has 0 bridgehead atoms. The van der Waals surface area contributed by atoms with Crippen LogP contribution in [0.25, 0.3) is 22.0 Å². The van der Waals surface area contributed by atoms with E-state index in [1.807, 2.05) is 36.5 Å². The molecule has 0 unspecified atom stereocenters. The van der Waals surface area contributed by atoms with E-state index in [0.29, 0.717) is 11.8 Å². The van der Waals surface area contributed by atoms with Gasteiger partial charge < -0.3 is 4.57 Å². The summed E-state index contributed by atoms with van der Waals surface area (Å²) in [4.78, 5) is 23.4. The van der Waals surface area contributed by atoms with Gasteiger partial charge in [-0.25, -0.2) is 0 Å². The number of Topliss-reactive ketones (excluding diaryl/α,β-unsaturated/α-hetero) is 1. The van der Waals surface area contributed by atoms with Crippen molar-refractivity contribution in [2.24, 2.45) is 0 Å². The second-order valence-corrected chi connectivity index (χ2v) is 7.76. The number of rotatable bonds is 12. The summed E-state index contributed by atoms with van der Waals surface area (Å²) >= 11 is 0. The Bertz CT molecular complexity index is 940. The maximum Gasteiger partial charge on any atom is 0.227 e. The third kappa shape index (κ3) is 5.23. The van der Waals surface area contributed by atoms with Crippen molar-refractivity contribution in [3.63, 3.8) is 0 Å². The summed E-state index contributed by atoms with van der Waals surface area (Å²) in [6.45, 7) is 3.11. The quantitative estimate of drug-likeness (QED) is 0.147. The summed E-state index contributed by atoms with van der Waals surface area (Å²) in [6.07, 6.45) is 12.4. The number of carbonyl (C=O) groups excluding carboxylic acids is 2. The van der Waals surface area contributed by atoms with Crippen LogP contribution in [-0.2, 0) is 11.3 Å². The summed E-state index contributed by atoms with van der Waals surface area (Å²) in [7, 11) is 0. The van der Waals surface area contributed by atoms with Crippen molar-refractivity contribution < 1.29 is 9.59 Å². The molecule has 3 rings (SSSR count). The average molecular weight is 390 g/mol. The Kier molecular flexibility index (Phi) is 7.80. The molecular formula is C26H31NO2. The first kappa shape index (κ1) is 21.0. The van der Waals surface area contributed by atoms with Gasteiger partial charge in [0.15, 0.2) is 6.29 Å². The summed E-state index contributed by atoms with van der Waals surface area (Å²) in [5.41, 5.74) is 3.78. The summed E-state index contributed by atoms with van der Waals surface area (Å²) in [5.74, 6) is -0.449. The molecule has 1 aromatic heterocycles. The lowest BCUT2D eigenvalue weighted by Crippen LogP contribution is -1.99. The summed E-state index contributed by atoms with van der Waals surface area (Å²) in [5, 5.41) is 0.864. The van der Waals surface area contributed by atoms with Gasteiger partial charge in [-0.05, 0) is 12.0 Å². The Hall–Kier alpha value is -2.68. The molecule has 0 saturated carbocycles. The van der Waals surface area contributed by atoms with E-state index < -0.39 is 5.78 Å². The molecule has 0 N–H and O–H groups in total. The van der Waals surface area contributed by atoms with Crippen LogP contribution in [0.1, 0.15) is 68.6 Å². The van der Waals surface area contributed by atoms with E-state index in [0.717, 1.165) is 35.0 Å². The fraction of sp³-hybridized carbons (Fsp3) is 0.385.